The lowest BCUT2D eigenvalue weighted by Crippen LogP contribution is -2.26. The van der Waals surface area contributed by atoms with E-state index in [1.54, 1.807) is 14.2 Å². The zero-order valence-electron chi connectivity index (χ0n) is 10.6. The maximum atomic E-state index is 11.0. The Morgan fingerprint density at radius 2 is 2.00 bits per heavy atom. The van der Waals surface area contributed by atoms with Gasteiger partial charge in [-0.05, 0) is 24.6 Å². The summed E-state index contributed by atoms with van der Waals surface area (Å²) >= 11 is 0. The molecule has 0 unspecified atom stereocenters. The van der Waals surface area contributed by atoms with Crippen LogP contribution in [-0.4, -0.2) is 26.6 Å². The first-order valence-corrected chi connectivity index (χ1v) is 5.75. The fourth-order valence-electron chi connectivity index (χ4n) is 1.54. The van der Waals surface area contributed by atoms with Crippen molar-refractivity contribution in [3.8, 4) is 5.75 Å². The monoisotopic (exact) mass is 236 g/mol. The van der Waals surface area contributed by atoms with Gasteiger partial charge in [0.15, 0.2) is 0 Å². The van der Waals surface area contributed by atoms with Gasteiger partial charge in [0.25, 0.3) is 0 Å². The molecule has 4 nitrogen and oxygen atoms in total. The van der Waals surface area contributed by atoms with Crippen LogP contribution in [0.25, 0.3) is 0 Å². The molecule has 1 rings (SSSR count). The van der Waals surface area contributed by atoms with E-state index in [1.165, 1.54) is 5.56 Å². The van der Waals surface area contributed by atoms with Crippen LogP contribution in [0, 0.1) is 0 Å². The highest BCUT2D eigenvalue weighted by Gasteiger charge is 2.05. The normalized spacial score (nSPS) is 11.9. The van der Waals surface area contributed by atoms with E-state index in [2.05, 4.69) is 17.6 Å². The lowest BCUT2D eigenvalue weighted by atomic mass is 10.1. The smallest absolute Gasteiger partial charge is 0.221 e. The molecule has 0 aromatic heterocycles. The Kier molecular flexibility index (Phi) is 5.49. The molecule has 0 saturated carbocycles. The Morgan fingerprint density at radius 3 is 2.53 bits per heavy atom. The van der Waals surface area contributed by atoms with Gasteiger partial charge >= 0.3 is 0 Å². The topological polar surface area (TPSA) is 50.4 Å². The number of methoxy groups -OCH3 is 1. The first kappa shape index (κ1) is 13.5. The molecule has 0 radical (unpaired) electrons. The summed E-state index contributed by atoms with van der Waals surface area (Å²) in [5.41, 5.74) is 1.18. The Labute approximate surface area is 102 Å². The van der Waals surface area contributed by atoms with Crippen LogP contribution in [0.15, 0.2) is 24.3 Å². The van der Waals surface area contributed by atoms with Gasteiger partial charge in [0.05, 0.1) is 7.11 Å². The third kappa shape index (κ3) is 4.44. The van der Waals surface area contributed by atoms with Crippen LogP contribution in [0.5, 0.6) is 5.75 Å². The molecule has 1 aromatic carbocycles. The number of hydrogen-bond donors (Lipinski definition) is 2. The summed E-state index contributed by atoms with van der Waals surface area (Å²) in [6, 6.07) is 8.15. The highest BCUT2D eigenvalue weighted by molar-refractivity contribution is 5.75. The van der Waals surface area contributed by atoms with Gasteiger partial charge in [0.1, 0.15) is 5.75 Å². The van der Waals surface area contributed by atoms with Crippen molar-refractivity contribution in [2.45, 2.75) is 19.4 Å². The molecule has 1 amide bonds. The van der Waals surface area contributed by atoms with E-state index in [0.717, 1.165) is 5.75 Å². The lowest BCUT2D eigenvalue weighted by Gasteiger charge is -2.14. The van der Waals surface area contributed by atoms with Crippen LogP contribution in [0.2, 0.25) is 0 Å². The quantitative estimate of drug-likeness (QED) is 0.786. The van der Waals surface area contributed by atoms with Gasteiger partial charge in [-0.2, -0.15) is 0 Å². The van der Waals surface area contributed by atoms with Gasteiger partial charge in [-0.25, -0.2) is 0 Å². The van der Waals surface area contributed by atoms with Crippen LogP contribution >= 0.6 is 0 Å². The van der Waals surface area contributed by atoms with E-state index in [0.29, 0.717) is 13.0 Å². The van der Waals surface area contributed by atoms with Crippen molar-refractivity contribution in [2.75, 3.05) is 20.7 Å². The molecule has 1 aromatic rings. The lowest BCUT2D eigenvalue weighted by molar-refractivity contribution is -0.120. The molecule has 1 atom stereocenters. The van der Waals surface area contributed by atoms with E-state index in [-0.39, 0.29) is 11.9 Å². The van der Waals surface area contributed by atoms with Crippen LogP contribution < -0.4 is 15.4 Å². The van der Waals surface area contributed by atoms with E-state index in [9.17, 15) is 4.79 Å². The predicted molar refractivity (Wildman–Crippen MR) is 68.1 cm³/mol. The molecule has 2 N–H and O–H groups in total. The minimum atomic E-state index is 0.0550. The Bertz CT molecular complexity index is 349. The SMILES string of the molecule is CNC(=O)CCN[C@H](C)c1ccc(OC)cc1. The van der Waals surface area contributed by atoms with Crippen LogP contribution in [0.1, 0.15) is 24.9 Å². The molecule has 0 aliphatic carbocycles. The zero-order chi connectivity index (χ0) is 12.7. The van der Waals surface area contributed by atoms with Crippen LogP contribution in [0.4, 0.5) is 0 Å². The summed E-state index contributed by atoms with van der Waals surface area (Å²) in [5, 5.41) is 5.90. The van der Waals surface area contributed by atoms with Crippen molar-refractivity contribution in [3.05, 3.63) is 29.8 Å². The van der Waals surface area contributed by atoms with Crippen molar-refractivity contribution < 1.29 is 9.53 Å². The summed E-state index contributed by atoms with van der Waals surface area (Å²) in [7, 11) is 3.30. The number of nitrogens with one attached hydrogen (secondary N) is 2. The largest absolute Gasteiger partial charge is 0.497 e. The average Bonchev–Trinajstić information content (AvgIpc) is 2.38. The van der Waals surface area contributed by atoms with Gasteiger partial charge in [-0.15, -0.1) is 0 Å². The molecule has 0 heterocycles. The summed E-state index contributed by atoms with van der Waals surface area (Å²) in [6.45, 7) is 2.75. The number of carbonyl (C=O) groups excluding carboxylic acids is 1. The molecular weight excluding hydrogens is 216 g/mol. The predicted octanol–water partition coefficient (Wildman–Crippen LogP) is 1.48. The van der Waals surface area contributed by atoms with Gasteiger partial charge in [0.2, 0.25) is 5.91 Å². The maximum Gasteiger partial charge on any atom is 0.221 e. The maximum absolute atomic E-state index is 11.0. The number of rotatable bonds is 6. The highest BCUT2D eigenvalue weighted by atomic mass is 16.5. The fraction of sp³-hybridized carbons (Fsp3) is 0.462. The highest BCUT2D eigenvalue weighted by Crippen LogP contribution is 2.16. The average molecular weight is 236 g/mol. The molecular formula is C13H20N2O2. The molecule has 0 saturated heterocycles. The van der Waals surface area contributed by atoms with Crippen LogP contribution in [0.3, 0.4) is 0 Å². The molecule has 0 bridgehead atoms. The van der Waals surface area contributed by atoms with Gasteiger partial charge in [-0.1, -0.05) is 12.1 Å². The summed E-state index contributed by atoms with van der Waals surface area (Å²) in [4.78, 5) is 11.0. The fourth-order valence-corrected chi connectivity index (χ4v) is 1.54. The zero-order valence-corrected chi connectivity index (χ0v) is 10.6. The van der Waals surface area contributed by atoms with Gasteiger partial charge < -0.3 is 15.4 Å². The second-order valence-corrected chi connectivity index (χ2v) is 3.87. The Balaban J connectivity index is 2.40. The third-order valence-electron chi connectivity index (χ3n) is 2.70. The van der Waals surface area contributed by atoms with Gasteiger partial charge in [0, 0.05) is 26.1 Å². The van der Waals surface area contributed by atoms with Crippen molar-refractivity contribution in [1.29, 1.82) is 0 Å². The van der Waals surface area contributed by atoms with Crippen molar-refractivity contribution in [2.24, 2.45) is 0 Å². The van der Waals surface area contributed by atoms with Crippen molar-refractivity contribution >= 4 is 5.91 Å². The van der Waals surface area contributed by atoms with E-state index < -0.39 is 0 Å². The minimum absolute atomic E-state index is 0.0550. The Morgan fingerprint density at radius 1 is 1.35 bits per heavy atom. The van der Waals surface area contributed by atoms with Crippen LogP contribution in [-0.2, 0) is 4.79 Å². The van der Waals surface area contributed by atoms with Crippen molar-refractivity contribution in [3.63, 3.8) is 0 Å². The van der Waals surface area contributed by atoms with E-state index in [1.807, 2.05) is 24.3 Å². The number of carbonyl (C=O) groups is 1. The second kappa shape index (κ2) is 6.91. The second-order valence-electron chi connectivity index (χ2n) is 3.87. The number of hydrogen-bond acceptors (Lipinski definition) is 3. The number of amides is 1. The third-order valence-corrected chi connectivity index (χ3v) is 2.70. The molecule has 0 aliphatic rings. The molecule has 4 heteroatoms. The number of benzene rings is 1. The van der Waals surface area contributed by atoms with Gasteiger partial charge in [-0.3, -0.25) is 4.79 Å². The van der Waals surface area contributed by atoms with Crippen molar-refractivity contribution in [1.82, 2.24) is 10.6 Å². The molecule has 94 valence electrons. The summed E-state index contributed by atoms with van der Waals surface area (Å²) < 4.78 is 5.10. The van der Waals surface area contributed by atoms with E-state index >= 15 is 0 Å². The summed E-state index contributed by atoms with van der Waals surface area (Å²) in [6.07, 6.45) is 0.497. The molecule has 0 aliphatic heterocycles. The Hall–Kier alpha value is -1.55. The summed E-state index contributed by atoms with van der Waals surface area (Å²) in [5.74, 6) is 0.908. The molecule has 0 spiro atoms. The number of ether oxygens (including phenoxy) is 1. The standard InChI is InChI=1S/C13H20N2O2/c1-10(15-9-8-13(16)14-2)11-4-6-12(17-3)7-5-11/h4-7,10,15H,8-9H2,1-3H3,(H,14,16)/t10-/m1/s1. The molecule has 0 fully saturated rings. The van der Waals surface area contributed by atoms with E-state index in [4.69, 9.17) is 4.74 Å². The first-order chi connectivity index (χ1) is 8.17. The first-order valence-electron chi connectivity index (χ1n) is 5.75. The molecule has 17 heavy (non-hydrogen) atoms. The minimum Gasteiger partial charge on any atom is -0.497 e.